The number of amidine groups is 1. The highest BCUT2D eigenvalue weighted by molar-refractivity contribution is 9.11. The molecule has 1 heterocycles. The summed E-state index contributed by atoms with van der Waals surface area (Å²) < 4.78 is 1.85. The first-order valence-corrected chi connectivity index (χ1v) is 11.4. The van der Waals surface area contributed by atoms with Crippen LogP contribution in [0.25, 0.3) is 10.9 Å². The third kappa shape index (κ3) is 5.21. The van der Waals surface area contributed by atoms with Crippen LogP contribution in [-0.4, -0.2) is 17.0 Å². The van der Waals surface area contributed by atoms with Crippen molar-refractivity contribution < 1.29 is 0 Å². The van der Waals surface area contributed by atoms with Crippen LogP contribution in [0.4, 0.5) is 5.69 Å². The van der Waals surface area contributed by atoms with Gasteiger partial charge in [0.05, 0.1) is 17.4 Å². The van der Waals surface area contributed by atoms with Gasteiger partial charge in [0.1, 0.15) is 5.69 Å². The molecule has 0 aliphatic rings. The monoisotopic (exact) mass is 554 g/mol. The van der Waals surface area contributed by atoms with Crippen LogP contribution in [0.3, 0.4) is 0 Å². The number of hydrazone groups is 1. The van der Waals surface area contributed by atoms with Gasteiger partial charge < -0.3 is 0 Å². The smallest absolute Gasteiger partial charge is 0.173 e. The summed E-state index contributed by atoms with van der Waals surface area (Å²) in [5, 5.41) is 6.07. The van der Waals surface area contributed by atoms with E-state index in [2.05, 4.69) is 42.4 Å². The molecule has 0 amide bonds. The van der Waals surface area contributed by atoms with Crippen molar-refractivity contribution in [1.82, 2.24) is 10.4 Å². The number of fused-ring (bicyclic) bond motifs is 1. The average Bonchev–Trinajstić information content (AvgIpc) is 2.76. The van der Waals surface area contributed by atoms with Gasteiger partial charge in [-0.15, -0.1) is 0 Å². The lowest BCUT2D eigenvalue weighted by molar-refractivity contribution is 1.02. The zero-order valence-electron chi connectivity index (χ0n) is 16.5. The summed E-state index contributed by atoms with van der Waals surface area (Å²) in [6.07, 6.45) is 1.67. The second-order valence-electron chi connectivity index (χ2n) is 6.79. The Morgan fingerprint density at radius 1 is 1.00 bits per heavy atom. The first-order chi connectivity index (χ1) is 15.0. The summed E-state index contributed by atoms with van der Waals surface area (Å²) in [7, 11) is 0. The van der Waals surface area contributed by atoms with Crippen molar-refractivity contribution in [2.45, 2.75) is 6.92 Å². The quantitative estimate of drug-likeness (QED) is 0.162. The fourth-order valence-electron chi connectivity index (χ4n) is 3.03. The summed E-state index contributed by atoms with van der Waals surface area (Å²) >= 11 is 13.4. The molecular weight excluding hydrogens is 540 g/mol. The molecule has 0 aliphatic carbocycles. The summed E-state index contributed by atoms with van der Waals surface area (Å²) in [5.74, 6) is 0.528. The second kappa shape index (κ2) is 9.73. The van der Waals surface area contributed by atoms with Crippen LogP contribution in [0, 0.1) is 6.92 Å². The molecule has 0 radical (unpaired) electrons. The number of para-hydroxylation sites is 1. The van der Waals surface area contributed by atoms with Gasteiger partial charge in [0, 0.05) is 24.9 Å². The molecule has 154 valence electrons. The number of nitrogens with zero attached hydrogens (tertiary/aromatic N) is 3. The third-order valence-electron chi connectivity index (χ3n) is 4.56. The lowest BCUT2D eigenvalue weighted by Gasteiger charge is -2.10. The topological polar surface area (TPSA) is 49.6 Å². The van der Waals surface area contributed by atoms with Crippen LogP contribution >= 0.6 is 43.5 Å². The lowest BCUT2D eigenvalue weighted by atomic mass is 10.2. The fourth-order valence-corrected chi connectivity index (χ4v) is 4.74. The Hall–Kier alpha value is -2.54. The molecule has 4 aromatic rings. The van der Waals surface area contributed by atoms with Crippen molar-refractivity contribution in [2.75, 3.05) is 0 Å². The van der Waals surface area contributed by atoms with E-state index < -0.39 is 0 Å². The van der Waals surface area contributed by atoms with Crippen LogP contribution in [0.1, 0.15) is 16.8 Å². The van der Waals surface area contributed by atoms with Crippen LogP contribution < -0.4 is 5.43 Å². The van der Waals surface area contributed by atoms with E-state index in [9.17, 15) is 0 Å². The van der Waals surface area contributed by atoms with E-state index in [-0.39, 0.29) is 0 Å². The first kappa shape index (κ1) is 21.7. The van der Waals surface area contributed by atoms with Crippen LogP contribution in [-0.2, 0) is 0 Å². The van der Waals surface area contributed by atoms with E-state index in [4.69, 9.17) is 21.6 Å². The molecular formula is C24H17Br2ClN4. The molecule has 1 N–H and O–H groups in total. The maximum atomic E-state index is 6.24. The lowest BCUT2D eigenvalue weighted by Crippen LogP contribution is -2.20. The maximum Gasteiger partial charge on any atom is 0.173 e. The Bertz CT molecular complexity index is 1290. The summed E-state index contributed by atoms with van der Waals surface area (Å²) in [6, 6.07) is 23.4. The van der Waals surface area contributed by atoms with Gasteiger partial charge in [-0.2, -0.15) is 5.10 Å². The highest BCUT2D eigenvalue weighted by atomic mass is 79.9. The van der Waals surface area contributed by atoms with Crippen molar-refractivity contribution in [3.63, 3.8) is 0 Å². The third-order valence-corrected chi connectivity index (χ3v) is 5.97. The molecule has 7 heteroatoms. The molecule has 4 rings (SSSR count). The van der Waals surface area contributed by atoms with Gasteiger partial charge in [-0.1, -0.05) is 70.0 Å². The number of aryl methyl sites for hydroxylation is 1. The Morgan fingerprint density at radius 2 is 1.77 bits per heavy atom. The molecule has 0 atom stereocenters. The minimum absolute atomic E-state index is 0.528. The molecule has 4 nitrogen and oxygen atoms in total. The largest absolute Gasteiger partial charge is 0.260 e. The Kier molecular flexibility index (Phi) is 6.80. The molecule has 0 saturated carbocycles. The van der Waals surface area contributed by atoms with Gasteiger partial charge in [-0.05, 0) is 58.7 Å². The molecule has 0 saturated heterocycles. The highest BCUT2D eigenvalue weighted by Crippen LogP contribution is 2.33. The minimum atomic E-state index is 0.528. The predicted octanol–water partition coefficient (Wildman–Crippen LogP) is 7.42. The summed E-state index contributed by atoms with van der Waals surface area (Å²) in [6.45, 7) is 2.01. The van der Waals surface area contributed by atoms with Crippen molar-refractivity contribution in [3.05, 3.63) is 104 Å². The number of rotatable bonds is 4. The van der Waals surface area contributed by atoms with Gasteiger partial charge in [0.15, 0.2) is 5.84 Å². The molecule has 0 unspecified atom stereocenters. The molecule has 3 aromatic carbocycles. The van der Waals surface area contributed by atoms with Crippen molar-refractivity contribution in [1.29, 1.82) is 0 Å². The van der Waals surface area contributed by atoms with E-state index in [1.54, 1.807) is 6.21 Å². The number of aromatic nitrogens is 1. The zero-order chi connectivity index (χ0) is 21.8. The standard InChI is InChI=1S/C24H17Br2ClN4/c1-15-12-18(25)13-19(26)23(15)30-24(31-28-14-17-7-2-4-8-20(17)27)22-11-10-16-6-3-5-9-21(16)29-22/h2-14H,1H3,(H,30,31). The summed E-state index contributed by atoms with van der Waals surface area (Å²) in [5.41, 5.74) is 7.25. The van der Waals surface area contributed by atoms with E-state index in [1.807, 2.05) is 79.7 Å². The van der Waals surface area contributed by atoms with Crippen LogP contribution in [0.2, 0.25) is 5.02 Å². The zero-order valence-corrected chi connectivity index (χ0v) is 20.4. The molecule has 0 aliphatic heterocycles. The van der Waals surface area contributed by atoms with E-state index in [1.165, 1.54) is 0 Å². The molecule has 31 heavy (non-hydrogen) atoms. The Morgan fingerprint density at radius 3 is 2.58 bits per heavy atom. The number of pyridine rings is 1. The van der Waals surface area contributed by atoms with Crippen molar-refractivity contribution >= 4 is 72.1 Å². The average molecular weight is 557 g/mol. The molecule has 0 bridgehead atoms. The molecule has 0 spiro atoms. The normalized spacial score (nSPS) is 11.9. The number of halogens is 3. The van der Waals surface area contributed by atoms with Crippen LogP contribution in [0.5, 0.6) is 0 Å². The number of nitrogens with one attached hydrogen (secondary N) is 1. The molecule has 1 aromatic heterocycles. The van der Waals surface area contributed by atoms with Gasteiger partial charge in [0.2, 0.25) is 0 Å². The van der Waals surface area contributed by atoms with Gasteiger partial charge in [-0.25, -0.2) is 9.98 Å². The van der Waals surface area contributed by atoms with E-state index in [0.29, 0.717) is 16.6 Å². The fraction of sp³-hybridized carbons (Fsp3) is 0.0417. The number of hydrogen-bond acceptors (Lipinski definition) is 3. The second-order valence-corrected chi connectivity index (χ2v) is 8.97. The van der Waals surface area contributed by atoms with Gasteiger partial charge in [-0.3, -0.25) is 5.43 Å². The van der Waals surface area contributed by atoms with Gasteiger partial charge in [0.25, 0.3) is 0 Å². The Labute approximate surface area is 202 Å². The SMILES string of the molecule is Cc1cc(Br)cc(Br)c1N=C(NN=Cc1ccccc1Cl)c1ccc2ccccc2n1. The number of hydrogen-bond donors (Lipinski definition) is 1. The maximum absolute atomic E-state index is 6.24. The van der Waals surface area contributed by atoms with E-state index >= 15 is 0 Å². The van der Waals surface area contributed by atoms with Crippen molar-refractivity contribution in [2.24, 2.45) is 10.1 Å². The Balaban J connectivity index is 1.77. The van der Waals surface area contributed by atoms with E-state index in [0.717, 1.165) is 36.7 Å². The predicted molar refractivity (Wildman–Crippen MR) is 137 cm³/mol. The first-order valence-electron chi connectivity index (χ1n) is 9.45. The minimum Gasteiger partial charge on any atom is -0.260 e. The number of aliphatic imine (C=N–C) groups is 1. The highest BCUT2D eigenvalue weighted by Gasteiger charge is 2.11. The van der Waals surface area contributed by atoms with Gasteiger partial charge >= 0.3 is 0 Å². The molecule has 0 fully saturated rings. The summed E-state index contributed by atoms with van der Waals surface area (Å²) in [4.78, 5) is 9.63. The van der Waals surface area contributed by atoms with Crippen molar-refractivity contribution in [3.8, 4) is 0 Å². The number of benzene rings is 3. The van der Waals surface area contributed by atoms with Crippen LogP contribution in [0.15, 0.2) is 91.8 Å².